The van der Waals surface area contributed by atoms with Gasteiger partial charge in [0.05, 0.1) is 35.8 Å². The van der Waals surface area contributed by atoms with E-state index in [4.69, 9.17) is 9.47 Å². The second kappa shape index (κ2) is 8.80. The summed E-state index contributed by atoms with van der Waals surface area (Å²) in [6, 6.07) is 21.2. The summed E-state index contributed by atoms with van der Waals surface area (Å²) in [4.78, 5) is 24.8. The number of nitrogens with one attached hydrogen (secondary N) is 1. The van der Waals surface area contributed by atoms with Crippen LogP contribution in [0.4, 0.5) is 0 Å². The molecule has 2 N–H and O–H groups in total. The fourth-order valence-electron chi connectivity index (χ4n) is 4.71. The number of benzene rings is 3. The molecule has 176 valence electrons. The lowest BCUT2D eigenvalue weighted by molar-refractivity contribution is -0.124. The van der Waals surface area contributed by atoms with Gasteiger partial charge in [-0.3, -0.25) is 4.79 Å². The topological polar surface area (TPSA) is 109 Å². The Kier molecular flexibility index (Phi) is 5.65. The van der Waals surface area contributed by atoms with Crippen molar-refractivity contribution in [3.63, 3.8) is 0 Å². The number of ether oxygens (including phenoxy) is 2. The smallest absolute Gasteiger partial charge is 0.335 e. The van der Waals surface area contributed by atoms with Crippen LogP contribution in [0.1, 0.15) is 64.0 Å². The Labute approximate surface area is 202 Å². The van der Waals surface area contributed by atoms with Crippen LogP contribution in [0.2, 0.25) is 0 Å². The first-order valence-electron chi connectivity index (χ1n) is 11.4. The largest absolute Gasteiger partial charge is 0.497 e. The summed E-state index contributed by atoms with van der Waals surface area (Å²) >= 11 is 0. The van der Waals surface area contributed by atoms with Gasteiger partial charge in [0.2, 0.25) is 5.91 Å². The Morgan fingerprint density at radius 3 is 2.54 bits per heavy atom. The summed E-state index contributed by atoms with van der Waals surface area (Å²) in [5.41, 5.74) is 2.65. The number of amides is 1. The van der Waals surface area contributed by atoms with Crippen molar-refractivity contribution in [3.8, 4) is 17.6 Å². The normalized spacial score (nSPS) is 19.4. The van der Waals surface area contributed by atoms with Gasteiger partial charge in [-0.05, 0) is 60.4 Å². The summed E-state index contributed by atoms with van der Waals surface area (Å²) in [5, 5.41) is 21.7. The van der Waals surface area contributed by atoms with Crippen LogP contribution in [0.15, 0.2) is 66.7 Å². The summed E-state index contributed by atoms with van der Waals surface area (Å²) in [6.45, 7) is 0. The monoisotopic (exact) mass is 468 g/mol. The molecule has 0 unspecified atom stereocenters. The Hall–Kier alpha value is -4.31. The number of carboxylic acid groups (broad SMARTS) is 1. The van der Waals surface area contributed by atoms with E-state index < -0.39 is 11.4 Å². The predicted octanol–water partition coefficient (Wildman–Crippen LogP) is 4.68. The summed E-state index contributed by atoms with van der Waals surface area (Å²) < 4.78 is 11.6. The lowest BCUT2D eigenvalue weighted by Gasteiger charge is -2.34. The molecule has 1 aliphatic carbocycles. The first kappa shape index (κ1) is 22.5. The van der Waals surface area contributed by atoms with Crippen molar-refractivity contribution in [3.05, 3.63) is 94.5 Å². The number of carbonyl (C=O) groups is 2. The molecule has 0 radical (unpaired) electrons. The molecule has 7 nitrogen and oxygen atoms in total. The molecule has 7 heteroatoms. The van der Waals surface area contributed by atoms with Gasteiger partial charge in [0.1, 0.15) is 17.6 Å². The average Bonchev–Trinajstić information content (AvgIpc) is 3.70. The quantitative estimate of drug-likeness (QED) is 0.544. The molecule has 0 aromatic heterocycles. The van der Waals surface area contributed by atoms with Gasteiger partial charge in [0.25, 0.3) is 0 Å². The third-order valence-corrected chi connectivity index (χ3v) is 6.88. The zero-order valence-electron chi connectivity index (χ0n) is 19.2. The van der Waals surface area contributed by atoms with E-state index >= 15 is 0 Å². The number of nitrogens with zero attached hydrogens (tertiary/aromatic N) is 1. The molecule has 2 aliphatic rings. The maximum absolute atomic E-state index is 13.6. The molecule has 0 spiro atoms. The zero-order valence-corrected chi connectivity index (χ0v) is 19.2. The number of methoxy groups -OCH3 is 1. The lowest BCUT2D eigenvalue weighted by atomic mass is 9.89. The fraction of sp³-hybridized carbons (Fsp3) is 0.250. The van der Waals surface area contributed by atoms with Crippen LogP contribution < -0.4 is 14.8 Å². The van der Waals surface area contributed by atoms with Crippen molar-refractivity contribution in [1.82, 2.24) is 5.32 Å². The minimum atomic E-state index is -0.989. The van der Waals surface area contributed by atoms with Crippen LogP contribution >= 0.6 is 0 Å². The average molecular weight is 469 g/mol. The Bertz CT molecular complexity index is 1340. The highest BCUT2D eigenvalue weighted by Gasteiger charge is 2.52. The first-order chi connectivity index (χ1) is 16.9. The standard InChI is InChI=1S/C28H24N2O5/c1-34-21-9-10-22-23(30-27(33)28(11-12-28)20-4-2-3-17(13-20)16-29)15-24(35-25(22)14-21)18-5-7-19(8-6-18)26(31)32/h2-10,13-14,23-24H,11-12,15H2,1H3,(H,30,33)(H,31,32)/t23-,24-/m1/s1. The minimum absolute atomic E-state index is 0.0683. The molecule has 1 fully saturated rings. The fourth-order valence-corrected chi connectivity index (χ4v) is 4.71. The number of hydrogen-bond donors (Lipinski definition) is 2. The highest BCUT2D eigenvalue weighted by Crippen LogP contribution is 2.50. The molecule has 1 saturated carbocycles. The van der Waals surface area contributed by atoms with Crippen LogP contribution in [-0.2, 0) is 10.2 Å². The summed E-state index contributed by atoms with van der Waals surface area (Å²) in [7, 11) is 1.58. The molecular weight excluding hydrogens is 444 g/mol. The maximum Gasteiger partial charge on any atom is 0.335 e. The van der Waals surface area contributed by atoms with E-state index in [9.17, 15) is 20.0 Å². The van der Waals surface area contributed by atoms with Crippen molar-refractivity contribution < 1.29 is 24.2 Å². The van der Waals surface area contributed by atoms with Crippen LogP contribution in [0.25, 0.3) is 0 Å². The zero-order chi connectivity index (χ0) is 24.6. The van der Waals surface area contributed by atoms with E-state index in [2.05, 4.69) is 11.4 Å². The Morgan fingerprint density at radius 2 is 1.89 bits per heavy atom. The molecule has 3 aromatic carbocycles. The van der Waals surface area contributed by atoms with Crippen molar-refractivity contribution in [1.29, 1.82) is 5.26 Å². The number of nitriles is 1. The molecule has 3 aromatic rings. The maximum atomic E-state index is 13.6. The Morgan fingerprint density at radius 1 is 1.11 bits per heavy atom. The van der Waals surface area contributed by atoms with E-state index in [-0.39, 0.29) is 23.6 Å². The highest BCUT2D eigenvalue weighted by molar-refractivity contribution is 5.91. The third-order valence-electron chi connectivity index (χ3n) is 6.88. The van der Waals surface area contributed by atoms with Gasteiger partial charge in [-0.2, -0.15) is 5.26 Å². The number of rotatable bonds is 6. The molecule has 35 heavy (non-hydrogen) atoms. The molecule has 5 rings (SSSR count). The second-order valence-electron chi connectivity index (χ2n) is 8.97. The highest BCUT2D eigenvalue weighted by atomic mass is 16.5. The second-order valence-corrected chi connectivity index (χ2v) is 8.97. The third kappa shape index (κ3) is 4.19. The van der Waals surface area contributed by atoms with Gasteiger partial charge in [0.15, 0.2) is 0 Å². The van der Waals surface area contributed by atoms with Gasteiger partial charge in [-0.15, -0.1) is 0 Å². The number of carboxylic acids is 1. The van der Waals surface area contributed by atoms with Gasteiger partial charge in [-0.25, -0.2) is 4.79 Å². The number of carbonyl (C=O) groups excluding carboxylic acids is 1. The predicted molar refractivity (Wildman–Crippen MR) is 127 cm³/mol. The summed E-state index contributed by atoms with van der Waals surface area (Å²) in [5.74, 6) is 0.199. The molecule has 2 atom stereocenters. The van der Waals surface area contributed by atoms with Gasteiger partial charge < -0.3 is 19.9 Å². The van der Waals surface area contributed by atoms with Gasteiger partial charge in [-0.1, -0.05) is 24.3 Å². The van der Waals surface area contributed by atoms with Crippen molar-refractivity contribution in [2.45, 2.75) is 36.8 Å². The van der Waals surface area contributed by atoms with Crippen molar-refractivity contribution in [2.24, 2.45) is 0 Å². The van der Waals surface area contributed by atoms with Crippen molar-refractivity contribution >= 4 is 11.9 Å². The van der Waals surface area contributed by atoms with Gasteiger partial charge >= 0.3 is 5.97 Å². The number of hydrogen-bond acceptors (Lipinski definition) is 5. The van der Waals surface area contributed by atoms with E-state index in [0.717, 1.165) is 29.5 Å². The molecule has 0 saturated heterocycles. The first-order valence-corrected chi connectivity index (χ1v) is 11.4. The molecule has 1 heterocycles. The molecular formula is C28H24N2O5. The van der Waals surface area contributed by atoms with Crippen LogP contribution in [0.5, 0.6) is 11.5 Å². The van der Waals surface area contributed by atoms with E-state index in [1.54, 1.807) is 49.6 Å². The van der Waals surface area contributed by atoms with E-state index in [0.29, 0.717) is 23.5 Å². The molecule has 1 aliphatic heterocycles. The van der Waals surface area contributed by atoms with E-state index in [1.807, 2.05) is 24.3 Å². The van der Waals surface area contributed by atoms with Crippen LogP contribution in [0, 0.1) is 11.3 Å². The Balaban J connectivity index is 1.44. The number of aromatic carboxylic acids is 1. The van der Waals surface area contributed by atoms with Crippen molar-refractivity contribution in [2.75, 3.05) is 7.11 Å². The lowest BCUT2D eigenvalue weighted by Crippen LogP contribution is -2.39. The number of fused-ring (bicyclic) bond motifs is 1. The SMILES string of the molecule is COc1ccc2c(c1)O[C@@H](c1ccc(C(=O)O)cc1)C[C@H]2NC(=O)C1(c2cccc(C#N)c2)CC1. The summed E-state index contributed by atoms with van der Waals surface area (Å²) in [6.07, 6.45) is 1.57. The minimum Gasteiger partial charge on any atom is -0.497 e. The van der Waals surface area contributed by atoms with Crippen LogP contribution in [0.3, 0.4) is 0 Å². The van der Waals surface area contributed by atoms with E-state index in [1.165, 1.54) is 0 Å². The van der Waals surface area contributed by atoms with Crippen LogP contribution in [-0.4, -0.2) is 24.1 Å². The molecule has 1 amide bonds. The molecule has 0 bridgehead atoms. The van der Waals surface area contributed by atoms with Gasteiger partial charge in [0, 0.05) is 18.1 Å².